The Kier molecular flexibility index (Phi) is 5.42. The molecule has 1 heterocycles. The third-order valence-corrected chi connectivity index (χ3v) is 4.38. The second-order valence-electron chi connectivity index (χ2n) is 5.78. The molecule has 1 aliphatic rings. The minimum Gasteiger partial charge on any atom is -0.393 e. The Morgan fingerprint density at radius 3 is 2.55 bits per heavy atom. The predicted octanol–water partition coefficient (Wildman–Crippen LogP) is 2.21. The monoisotopic (exact) mass is 324 g/mol. The zero-order valence-corrected chi connectivity index (χ0v) is 13.6. The van der Waals surface area contributed by atoms with Gasteiger partial charge in [-0.25, -0.2) is 0 Å². The van der Waals surface area contributed by atoms with E-state index in [9.17, 15) is 14.7 Å². The lowest BCUT2D eigenvalue weighted by molar-refractivity contribution is -0.144. The van der Waals surface area contributed by atoms with Gasteiger partial charge >= 0.3 is 11.8 Å². The second kappa shape index (κ2) is 7.11. The molecule has 0 aliphatic carbocycles. The van der Waals surface area contributed by atoms with Crippen molar-refractivity contribution >= 4 is 29.1 Å². The van der Waals surface area contributed by atoms with Gasteiger partial charge in [-0.05, 0) is 56.4 Å². The fourth-order valence-electron chi connectivity index (χ4n) is 2.67. The molecule has 0 aromatic heterocycles. The van der Waals surface area contributed by atoms with Gasteiger partial charge in [0, 0.05) is 23.8 Å². The molecule has 1 aromatic carbocycles. The Balaban J connectivity index is 1.94. The number of hydrogen-bond donors (Lipinski definition) is 2. The van der Waals surface area contributed by atoms with Gasteiger partial charge in [-0.3, -0.25) is 9.59 Å². The summed E-state index contributed by atoms with van der Waals surface area (Å²) in [5.74, 6) is -0.968. The van der Waals surface area contributed by atoms with Crippen molar-refractivity contribution in [3.05, 3.63) is 28.8 Å². The molecular weight excluding hydrogens is 304 g/mol. The Morgan fingerprint density at radius 1 is 1.36 bits per heavy atom. The van der Waals surface area contributed by atoms with Crippen molar-refractivity contribution in [1.82, 2.24) is 4.90 Å². The van der Waals surface area contributed by atoms with Gasteiger partial charge < -0.3 is 15.3 Å². The minimum atomic E-state index is -0.638. The Bertz CT molecular complexity index is 567. The summed E-state index contributed by atoms with van der Waals surface area (Å²) >= 11 is 5.87. The Morgan fingerprint density at radius 2 is 2.00 bits per heavy atom. The lowest BCUT2D eigenvalue weighted by Gasteiger charge is -2.32. The number of aliphatic hydroxyl groups excluding tert-OH is 1. The molecule has 1 saturated heterocycles. The van der Waals surface area contributed by atoms with Crippen molar-refractivity contribution in [2.24, 2.45) is 5.92 Å². The SMILES string of the molecule is Cc1cc(Cl)ccc1NC(=O)C(=O)N1CCC(C(C)O)CC1. The molecular formula is C16H21ClN2O3. The van der Waals surface area contributed by atoms with E-state index < -0.39 is 11.8 Å². The molecule has 1 aromatic rings. The maximum atomic E-state index is 12.2. The van der Waals surface area contributed by atoms with Crippen LogP contribution >= 0.6 is 11.6 Å². The highest BCUT2D eigenvalue weighted by molar-refractivity contribution is 6.39. The number of anilines is 1. The number of nitrogens with zero attached hydrogens (tertiary/aromatic N) is 1. The molecule has 1 unspecified atom stereocenters. The number of amides is 2. The first-order valence-electron chi connectivity index (χ1n) is 7.43. The summed E-state index contributed by atoms with van der Waals surface area (Å²) in [5, 5.41) is 12.8. The van der Waals surface area contributed by atoms with Crippen molar-refractivity contribution in [2.45, 2.75) is 32.8 Å². The van der Waals surface area contributed by atoms with Crippen molar-refractivity contribution in [3.63, 3.8) is 0 Å². The maximum Gasteiger partial charge on any atom is 0.313 e. The van der Waals surface area contributed by atoms with E-state index in [0.29, 0.717) is 23.8 Å². The fourth-order valence-corrected chi connectivity index (χ4v) is 2.90. The highest BCUT2D eigenvalue weighted by atomic mass is 35.5. The van der Waals surface area contributed by atoms with Crippen LogP contribution in [0.1, 0.15) is 25.3 Å². The number of nitrogens with one attached hydrogen (secondary N) is 1. The van der Waals surface area contributed by atoms with E-state index in [4.69, 9.17) is 11.6 Å². The molecule has 1 aliphatic heterocycles. The lowest BCUT2D eigenvalue weighted by Crippen LogP contribution is -2.45. The summed E-state index contributed by atoms with van der Waals surface area (Å²) < 4.78 is 0. The molecule has 2 N–H and O–H groups in total. The van der Waals surface area contributed by atoms with Gasteiger partial charge in [-0.15, -0.1) is 0 Å². The molecule has 0 saturated carbocycles. The van der Waals surface area contributed by atoms with Gasteiger partial charge in [0.25, 0.3) is 0 Å². The molecule has 120 valence electrons. The largest absolute Gasteiger partial charge is 0.393 e. The van der Waals surface area contributed by atoms with E-state index in [2.05, 4.69) is 5.32 Å². The van der Waals surface area contributed by atoms with Gasteiger partial charge in [-0.2, -0.15) is 0 Å². The molecule has 1 fully saturated rings. The molecule has 1 atom stereocenters. The summed E-state index contributed by atoms with van der Waals surface area (Å²) in [7, 11) is 0. The van der Waals surface area contributed by atoms with Crippen LogP contribution in [0.3, 0.4) is 0 Å². The first kappa shape index (κ1) is 16.8. The number of carbonyl (C=O) groups excluding carboxylic acids is 2. The fraction of sp³-hybridized carbons (Fsp3) is 0.500. The van der Waals surface area contributed by atoms with Gasteiger partial charge in [0.2, 0.25) is 0 Å². The molecule has 6 heteroatoms. The Hall–Kier alpha value is -1.59. The van der Waals surface area contributed by atoms with E-state index in [-0.39, 0.29) is 12.0 Å². The van der Waals surface area contributed by atoms with E-state index in [1.54, 1.807) is 30.0 Å². The van der Waals surface area contributed by atoms with Crippen molar-refractivity contribution < 1.29 is 14.7 Å². The van der Waals surface area contributed by atoms with Crippen LogP contribution in [0.15, 0.2) is 18.2 Å². The lowest BCUT2D eigenvalue weighted by atomic mass is 9.92. The van der Waals surface area contributed by atoms with Crippen LogP contribution in [0.25, 0.3) is 0 Å². The molecule has 0 spiro atoms. The number of piperidine rings is 1. The molecule has 2 amide bonds. The predicted molar refractivity (Wildman–Crippen MR) is 85.8 cm³/mol. The summed E-state index contributed by atoms with van der Waals surface area (Å²) in [5.41, 5.74) is 1.39. The third kappa shape index (κ3) is 3.99. The van der Waals surface area contributed by atoms with Crippen LogP contribution in [0.5, 0.6) is 0 Å². The Labute approximate surface area is 135 Å². The molecule has 22 heavy (non-hydrogen) atoms. The quantitative estimate of drug-likeness (QED) is 0.819. The number of rotatable bonds is 2. The molecule has 0 radical (unpaired) electrons. The van der Waals surface area contributed by atoms with Crippen molar-refractivity contribution in [2.75, 3.05) is 18.4 Å². The zero-order chi connectivity index (χ0) is 16.3. The van der Waals surface area contributed by atoms with Crippen molar-refractivity contribution in [3.8, 4) is 0 Å². The zero-order valence-electron chi connectivity index (χ0n) is 12.8. The van der Waals surface area contributed by atoms with E-state index in [0.717, 1.165) is 18.4 Å². The van der Waals surface area contributed by atoms with Crippen LogP contribution < -0.4 is 5.32 Å². The van der Waals surface area contributed by atoms with Gasteiger partial charge in [0.05, 0.1) is 6.10 Å². The van der Waals surface area contributed by atoms with Crippen LogP contribution in [-0.2, 0) is 9.59 Å². The van der Waals surface area contributed by atoms with Gasteiger partial charge in [-0.1, -0.05) is 11.6 Å². The highest BCUT2D eigenvalue weighted by Gasteiger charge is 2.28. The molecule has 2 rings (SSSR count). The number of benzene rings is 1. The van der Waals surface area contributed by atoms with E-state index in [1.807, 2.05) is 6.92 Å². The summed E-state index contributed by atoms with van der Waals surface area (Å²) in [4.78, 5) is 25.8. The van der Waals surface area contributed by atoms with Crippen molar-refractivity contribution in [1.29, 1.82) is 0 Å². The van der Waals surface area contributed by atoms with E-state index >= 15 is 0 Å². The first-order chi connectivity index (χ1) is 10.4. The topological polar surface area (TPSA) is 69.6 Å². The van der Waals surface area contributed by atoms with Crippen LogP contribution in [0.2, 0.25) is 5.02 Å². The average molecular weight is 325 g/mol. The molecule has 0 bridgehead atoms. The number of aryl methyl sites for hydroxylation is 1. The molecule has 5 nitrogen and oxygen atoms in total. The van der Waals surface area contributed by atoms with Crippen LogP contribution in [-0.4, -0.2) is 41.0 Å². The number of hydrogen-bond acceptors (Lipinski definition) is 3. The van der Waals surface area contributed by atoms with Gasteiger partial charge in [0.1, 0.15) is 0 Å². The normalized spacial score (nSPS) is 17.2. The van der Waals surface area contributed by atoms with Crippen LogP contribution in [0.4, 0.5) is 5.69 Å². The van der Waals surface area contributed by atoms with E-state index in [1.165, 1.54) is 0 Å². The first-order valence-corrected chi connectivity index (χ1v) is 7.80. The second-order valence-corrected chi connectivity index (χ2v) is 6.22. The maximum absolute atomic E-state index is 12.2. The summed E-state index contributed by atoms with van der Waals surface area (Å²) in [6.07, 6.45) is 1.07. The summed E-state index contributed by atoms with van der Waals surface area (Å²) in [6, 6.07) is 5.08. The number of likely N-dealkylation sites (tertiary alicyclic amines) is 1. The number of carbonyl (C=O) groups is 2. The van der Waals surface area contributed by atoms with Gasteiger partial charge in [0.15, 0.2) is 0 Å². The van der Waals surface area contributed by atoms with Crippen LogP contribution in [0, 0.1) is 12.8 Å². The average Bonchev–Trinajstić information content (AvgIpc) is 2.49. The third-order valence-electron chi connectivity index (χ3n) is 4.14. The number of halogens is 1. The summed E-state index contributed by atoms with van der Waals surface area (Å²) in [6.45, 7) is 4.58. The smallest absolute Gasteiger partial charge is 0.313 e. The highest BCUT2D eigenvalue weighted by Crippen LogP contribution is 2.22. The standard InChI is InChI=1S/C16H21ClN2O3/c1-10-9-13(17)3-4-14(10)18-15(21)16(22)19-7-5-12(6-8-19)11(2)20/h3-4,9,11-12,20H,5-8H2,1-2H3,(H,18,21). The number of aliphatic hydroxyl groups is 1. The minimum absolute atomic E-state index is 0.200.